The standard InChI is InChI=1S/C27H28N4O4/c1-35-13-12-30-17-22(23(18-8-4-2-5-9-18)19-10-6-3-7-11-19)31-16-21(20(14-28)15-29)25(32)26(33)24(31)27(30)34/h2-11,14-16,22-23,28,33H,12-13,17,29H2,1H3/b20-15+,28-14?/t22-/m1/s1. The summed E-state index contributed by atoms with van der Waals surface area (Å²) in [5.41, 5.74) is 7.11. The van der Waals surface area contributed by atoms with Crippen molar-refractivity contribution in [3.05, 3.63) is 106 Å². The first-order valence-corrected chi connectivity index (χ1v) is 11.3. The minimum Gasteiger partial charge on any atom is -0.503 e. The van der Waals surface area contributed by atoms with Gasteiger partial charge in [-0.3, -0.25) is 9.59 Å². The van der Waals surface area contributed by atoms with E-state index in [1.54, 1.807) is 16.6 Å². The maximum atomic E-state index is 13.4. The van der Waals surface area contributed by atoms with Gasteiger partial charge in [0.15, 0.2) is 11.4 Å². The predicted octanol–water partition coefficient (Wildman–Crippen LogP) is 2.98. The molecule has 8 nitrogen and oxygen atoms in total. The number of allylic oxidation sites excluding steroid dienone is 1. The number of carbonyl (C=O) groups excluding carboxylic acids is 1. The molecule has 0 saturated heterocycles. The summed E-state index contributed by atoms with van der Waals surface area (Å²) in [5, 5.41) is 18.6. The van der Waals surface area contributed by atoms with Crippen LogP contribution >= 0.6 is 0 Å². The zero-order valence-corrected chi connectivity index (χ0v) is 19.4. The molecule has 1 aliphatic rings. The van der Waals surface area contributed by atoms with Gasteiger partial charge in [-0.1, -0.05) is 60.7 Å². The fraction of sp³-hybridized carbons (Fsp3) is 0.222. The third kappa shape index (κ3) is 4.48. The molecule has 0 spiro atoms. The molecule has 1 atom stereocenters. The van der Waals surface area contributed by atoms with E-state index in [1.807, 2.05) is 60.7 Å². The van der Waals surface area contributed by atoms with Crippen molar-refractivity contribution in [1.82, 2.24) is 9.47 Å². The van der Waals surface area contributed by atoms with Gasteiger partial charge in [0.25, 0.3) is 5.91 Å². The zero-order valence-electron chi connectivity index (χ0n) is 19.4. The fourth-order valence-electron chi connectivity index (χ4n) is 4.68. The summed E-state index contributed by atoms with van der Waals surface area (Å²) in [4.78, 5) is 28.1. The first-order valence-electron chi connectivity index (χ1n) is 11.3. The third-order valence-corrected chi connectivity index (χ3v) is 6.38. The molecular formula is C27H28N4O4. The lowest BCUT2D eigenvalue weighted by atomic mass is 9.83. The Morgan fingerprint density at radius 1 is 1.14 bits per heavy atom. The minimum absolute atomic E-state index is 0.0618. The van der Waals surface area contributed by atoms with Crippen molar-refractivity contribution in [2.75, 3.05) is 26.8 Å². The number of rotatable bonds is 8. The molecule has 180 valence electrons. The number of nitrogens with zero attached hydrogens (tertiary/aromatic N) is 2. The van der Waals surface area contributed by atoms with E-state index >= 15 is 0 Å². The van der Waals surface area contributed by atoms with E-state index in [2.05, 4.69) is 0 Å². The molecule has 2 aromatic carbocycles. The molecule has 0 aliphatic carbocycles. The van der Waals surface area contributed by atoms with E-state index in [-0.39, 0.29) is 28.8 Å². The van der Waals surface area contributed by atoms with Crippen LogP contribution in [-0.2, 0) is 4.74 Å². The first-order chi connectivity index (χ1) is 17.0. The number of hydrogen-bond acceptors (Lipinski definition) is 6. The fourth-order valence-corrected chi connectivity index (χ4v) is 4.68. The van der Waals surface area contributed by atoms with Gasteiger partial charge in [-0.15, -0.1) is 0 Å². The summed E-state index contributed by atoms with van der Waals surface area (Å²) in [7, 11) is 1.56. The summed E-state index contributed by atoms with van der Waals surface area (Å²) < 4.78 is 6.88. The van der Waals surface area contributed by atoms with E-state index in [0.29, 0.717) is 19.7 Å². The highest BCUT2D eigenvalue weighted by Gasteiger charge is 2.39. The highest BCUT2D eigenvalue weighted by molar-refractivity contribution is 6.08. The lowest BCUT2D eigenvalue weighted by molar-refractivity contribution is 0.0582. The van der Waals surface area contributed by atoms with Crippen LogP contribution in [0.5, 0.6) is 5.75 Å². The zero-order chi connectivity index (χ0) is 24.9. The molecule has 1 amide bonds. The Bertz CT molecular complexity index is 1260. The number of nitrogens with two attached hydrogens (primary N) is 1. The van der Waals surface area contributed by atoms with Crippen molar-refractivity contribution in [1.29, 1.82) is 5.41 Å². The van der Waals surface area contributed by atoms with E-state index < -0.39 is 17.1 Å². The Morgan fingerprint density at radius 2 is 1.74 bits per heavy atom. The maximum Gasteiger partial charge on any atom is 0.274 e. The first kappa shape index (κ1) is 24.0. The summed E-state index contributed by atoms with van der Waals surface area (Å²) in [6.07, 6.45) is 3.64. The van der Waals surface area contributed by atoms with Gasteiger partial charge in [-0.2, -0.15) is 0 Å². The Hall–Kier alpha value is -4.17. The molecule has 0 radical (unpaired) electrons. The third-order valence-electron chi connectivity index (χ3n) is 6.38. The summed E-state index contributed by atoms with van der Waals surface area (Å²) in [6.45, 7) is 0.959. The molecule has 4 rings (SSSR count). The smallest absolute Gasteiger partial charge is 0.274 e. The van der Waals surface area contributed by atoms with Gasteiger partial charge < -0.3 is 30.5 Å². The quantitative estimate of drug-likeness (QED) is 0.435. The lowest BCUT2D eigenvalue weighted by Gasteiger charge is -2.40. The normalized spacial score (nSPS) is 15.8. The van der Waals surface area contributed by atoms with Crippen LogP contribution in [0.25, 0.3) is 5.57 Å². The maximum absolute atomic E-state index is 13.4. The average Bonchev–Trinajstić information content (AvgIpc) is 2.89. The van der Waals surface area contributed by atoms with Crippen LogP contribution in [0, 0.1) is 5.41 Å². The largest absolute Gasteiger partial charge is 0.503 e. The van der Waals surface area contributed by atoms with Gasteiger partial charge in [0.05, 0.1) is 18.2 Å². The molecule has 1 aromatic heterocycles. The molecule has 35 heavy (non-hydrogen) atoms. The Morgan fingerprint density at radius 3 is 2.26 bits per heavy atom. The molecule has 4 N–H and O–H groups in total. The Balaban J connectivity index is 2.00. The van der Waals surface area contributed by atoms with Gasteiger partial charge in [0, 0.05) is 50.3 Å². The summed E-state index contributed by atoms with van der Waals surface area (Å²) >= 11 is 0. The summed E-state index contributed by atoms with van der Waals surface area (Å²) in [6, 6.07) is 19.5. The van der Waals surface area contributed by atoms with E-state index in [9.17, 15) is 14.7 Å². The second-order valence-corrected chi connectivity index (χ2v) is 8.35. The number of ether oxygens (including phenoxy) is 1. The van der Waals surface area contributed by atoms with Crippen LogP contribution in [0.2, 0.25) is 0 Å². The van der Waals surface area contributed by atoms with Gasteiger partial charge in [0.2, 0.25) is 5.43 Å². The van der Waals surface area contributed by atoms with Gasteiger partial charge in [-0.25, -0.2) is 0 Å². The monoisotopic (exact) mass is 472 g/mol. The second kappa shape index (κ2) is 10.4. The van der Waals surface area contributed by atoms with E-state index in [1.165, 1.54) is 6.20 Å². The molecule has 0 bridgehead atoms. The Kier molecular flexibility index (Phi) is 7.12. The number of nitrogens with one attached hydrogen (secondary N) is 1. The van der Waals surface area contributed by atoms with Crippen molar-refractivity contribution in [2.24, 2.45) is 5.73 Å². The second-order valence-electron chi connectivity index (χ2n) is 8.35. The number of methoxy groups -OCH3 is 1. The van der Waals surface area contributed by atoms with Crippen LogP contribution < -0.4 is 11.2 Å². The number of carbonyl (C=O) groups is 1. The number of benzene rings is 2. The van der Waals surface area contributed by atoms with Crippen LogP contribution in [-0.4, -0.2) is 53.5 Å². The number of fused-ring (bicyclic) bond motifs is 1. The Labute approximate surface area is 203 Å². The molecule has 8 heteroatoms. The molecule has 0 fully saturated rings. The molecule has 0 saturated carbocycles. The van der Waals surface area contributed by atoms with E-state index in [0.717, 1.165) is 23.5 Å². The van der Waals surface area contributed by atoms with Crippen molar-refractivity contribution < 1.29 is 14.6 Å². The average molecular weight is 473 g/mol. The lowest BCUT2D eigenvalue weighted by Crippen LogP contribution is -2.47. The van der Waals surface area contributed by atoms with Crippen LogP contribution in [0.4, 0.5) is 0 Å². The molecule has 1 aliphatic heterocycles. The summed E-state index contributed by atoms with van der Waals surface area (Å²) in [5.74, 6) is -1.30. The van der Waals surface area contributed by atoms with E-state index in [4.69, 9.17) is 15.9 Å². The van der Waals surface area contributed by atoms with Crippen molar-refractivity contribution in [2.45, 2.75) is 12.0 Å². The molecule has 0 unspecified atom stereocenters. The minimum atomic E-state index is -0.742. The molecular weight excluding hydrogens is 444 g/mol. The predicted molar refractivity (Wildman–Crippen MR) is 135 cm³/mol. The molecule has 2 heterocycles. The number of aromatic hydroxyl groups is 1. The van der Waals surface area contributed by atoms with Crippen LogP contribution in [0.3, 0.4) is 0 Å². The van der Waals surface area contributed by atoms with Crippen molar-refractivity contribution in [3.63, 3.8) is 0 Å². The van der Waals surface area contributed by atoms with Gasteiger partial charge in [0.1, 0.15) is 0 Å². The number of hydrogen-bond donors (Lipinski definition) is 3. The highest BCUT2D eigenvalue weighted by Crippen LogP contribution is 2.40. The van der Waals surface area contributed by atoms with Gasteiger partial charge in [-0.05, 0) is 11.1 Å². The number of pyridine rings is 1. The van der Waals surface area contributed by atoms with Crippen LogP contribution in [0.1, 0.15) is 39.1 Å². The molecule has 3 aromatic rings. The number of amides is 1. The number of aromatic nitrogens is 1. The van der Waals surface area contributed by atoms with Crippen molar-refractivity contribution in [3.8, 4) is 5.75 Å². The van der Waals surface area contributed by atoms with Crippen molar-refractivity contribution >= 4 is 17.7 Å². The van der Waals surface area contributed by atoms with Crippen LogP contribution in [0.15, 0.2) is 77.9 Å². The SMILES string of the molecule is COCCN1C[C@H](C(c2ccccc2)c2ccccc2)n2cc(/C(C=N)=C/N)c(=O)c(O)c2C1=O. The topological polar surface area (TPSA) is 122 Å². The highest BCUT2D eigenvalue weighted by atomic mass is 16.5. The van der Waals surface area contributed by atoms with Gasteiger partial charge >= 0.3 is 0 Å².